The Balaban J connectivity index is 1.45. The molecular formula is C25H23N3OS. The lowest BCUT2D eigenvalue weighted by Gasteiger charge is -2.17. The van der Waals surface area contributed by atoms with Gasteiger partial charge in [-0.05, 0) is 34.9 Å². The van der Waals surface area contributed by atoms with Crippen molar-refractivity contribution in [3.8, 4) is 0 Å². The van der Waals surface area contributed by atoms with Crippen LogP contribution in [-0.2, 0) is 17.9 Å². The minimum Gasteiger partial charge on any atom is -0.351 e. The molecule has 0 saturated heterocycles. The van der Waals surface area contributed by atoms with Gasteiger partial charge in [0.15, 0.2) is 0 Å². The monoisotopic (exact) mass is 413 g/mol. The first-order chi connectivity index (χ1) is 14.8. The Morgan fingerprint density at radius 2 is 1.63 bits per heavy atom. The third-order valence-electron chi connectivity index (χ3n) is 4.70. The Kier molecular flexibility index (Phi) is 6.62. The van der Waals surface area contributed by atoms with Crippen LogP contribution in [0.15, 0.2) is 108 Å². The highest BCUT2D eigenvalue weighted by Crippen LogP contribution is 2.35. The van der Waals surface area contributed by atoms with E-state index in [-0.39, 0.29) is 11.2 Å². The van der Waals surface area contributed by atoms with Crippen molar-refractivity contribution in [3.05, 3.63) is 120 Å². The minimum absolute atomic E-state index is 0.00697. The van der Waals surface area contributed by atoms with Gasteiger partial charge >= 0.3 is 0 Å². The van der Waals surface area contributed by atoms with E-state index in [0.717, 1.165) is 21.6 Å². The van der Waals surface area contributed by atoms with Gasteiger partial charge in [-0.2, -0.15) is 5.10 Å². The maximum Gasteiger partial charge on any atom is 0.238 e. The molecule has 1 N–H and O–H groups in total. The van der Waals surface area contributed by atoms with Gasteiger partial charge in [-0.15, -0.1) is 11.8 Å². The molecule has 0 radical (unpaired) electrons. The second-order valence-corrected chi connectivity index (χ2v) is 8.14. The number of carbonyl (C=O) groups is 1. The van der Waals surface area contributed by atoms with Crippen LogP contribution in [0.4, 0.5) is 0 Å². The molecule has 4 rings (SSSR count). The zero-order chi connectivity index (χ0) is 20.6. The van der Waals surface area contributed by atoms with Gasteiger partial charge in [0.2, 0.25) is 5.91 Å². The van der Waals surface area contributed by atoms with Crippen LogP contribution in [-0.4, -0.2) is 15.7 Å². The van der Waals surface area contributed by atoms with Crippen molar-refractivity contribution in [2.24, 2.45) is 0 Å². The first-order valence-electron chi connectivity index (χ1n) is 9.87. The molecule has 1 amide bonds. The summed E-state index contributed by atoms with van der Waals surface area (Å²) in [6.45, 7) is 1.20. The van der Waals surface area contributed by atoms with Gasteiger partial charge in [-0.3, -0.25) is 9.48 Å². The molecular weight excluding hydrogens is 390 g/mol. The Hall–Kier alpha value is -3.31. The first-order valence-corrected chi connectivity index (χ1v) is 10.8. The molecule has 4 nitrogen and oxygen atoms in total. The maximum atomic E-state index is 13.1. The number of hydrogen-bond donors (Lipinski definition) is 1. The molecule has 30 heavy (non-hydrogen) atoms. The molecule has 0 aliphatic heterocycles. The molecule has 5 heteroatoms. The van der Waals surface area contributed by atoms with Crippen LogP contribution < -0.4 is 5.32 Å². The zero-order valence-corrected chi connectivity index (χ0v) is 17.3. The average molecular weight is 414 g/mol. The van der Waals surface area contributed by atoms with E-state index in [2.05, 4.69) is 22.5 Å². The summed E-state index contributed by atoms with van der Waals surface area (Å²) >= 11 is 1.57. The molecule has 0 bridgehead atoms. The smallest absolute Gasteiger partial charge is 0.238 e. The SMILES string of the molecule is O=C(NCc1cccc(Cn2cccn2)c1)C(Sc1ccccc1)c1ccccc1. The molecule has 0 spiro atoms. The molecule has 1 unspecified atom stereocenters. The third-order valence-corrected chi connectivity index (χ3v) is 5.97. The van der Waals surface area contributed by atoms with Gasteiger partial charge < -0.3 is 5.32 Å². The standard InChI is InChI=1S/C25H23N3OS/c29-25(24(22-11-3-1-4-12-22)30-23-13-5-2-6-14-23)26-18-20-9-7-10-21(17-20)19-28-16-8-15-27-28/h1-17,24H,18-19H2,(H,26,29). The summed E-state index contributed by atoms with van der Waals surface area (Å²) in [6, 6.07) is 30.1. The zero-order valence-electron chi connectivity index (χ0n) is 16.5. The molecule has 1 heterocycles. The third kappa shape index (κ3) is 5.39. The molecule has 1 aromatic heterocycles. The number of nitrogens with zero attached hydrogens (tertiary/aromatic N) is 2. The average Bonchev–Trinajstić information content (AvgIpc) is 3.30. The summed E-state index contributed by atoms with van der Waals surface area (Å²) in [6.07, 6.45) is 3.72. The van der Waals surface area contributed by atoms with Crippen LogP contribution in [0.25, 0.3) is 0 Å². The highest BCUT2D eigenvalue weighted by molar-refractivity contribution is 8.00. The van der Waals surface area contributed by atoms with E-state index in [1.807, 2.05) is 89.7 Å². The van der Waals surface area contributed by atoms with Crippen molar-refractivity contribution in [1.82, 2.24) is 15.1 Å². The number of aromatic nitrogens is 2. The molecule has 4 aromatic rings. The van der Waals surface area contributed by atoms with E-state index in [0.29, 0.717) is 13.1 Å². The van der Waals surface area contributed by atoms with Gasteiger partial charge in [-0.25, -0.2) is 0 Å². The predicted molar refractivity (Wildman–Crippen MR) is 121 cm³/mol. The van der Waals surface area contributed by atoms with Gasteiger partial charge in [0.05, 0.1) is 6.54 Å². The minimum atomic E-state index is -0.305. The molecule has 0 saturated carbocycles. The van der Waals surface area contributed by atoms with Crippen LogP contribution >= 0.6 is 11.8 Å². The Morgan fingerprint density at radius 3 is 2.37 bits per heavy atom. The fraction of sp³-hybridized carbons (Fsp3) is 0.120. The lowest BCUT2D eigenvalue weighted by atomic mass is 10.1. The maximum absolute atomic E-state index is 13.1. The van der Waals surface area contributed by atoms with E-state index in [1.165, 1.54) is 0 Å². The summed E-state index contributed by atoms with van der Waals surface area (Å²) in [5.41, 5.74) is 3.23. The van der Waals surface area contributed by atoms with E-state index in [9.17, 15) is 4.79 Å². The van der Waals surface area contributed by atoms with E-state index in [1.54, 1.807) is 18.0 Å². The van der Waals surface area contributed by atoms with Crippen molar-refractivity contribution in [3.63, 3.8) is 0 Å². The molecule has 0 aliphatic carbocycles. The lowest BCUT2D eigenvalue weighted by molar-refractivity contribution is -0.120. The van der Waals surface area contributed by atoms with Crippen molar-refractivity contribution in [1.29, 1.82) is 0 Å². The van der Waals surface area contributed by atoms with Crippen LogP contribution in [0.2, 0.25) is 0 Å². The van der Waals surface area contributed by atoms with Crippen LogP contribution in [0, 0.1) is 0 Å². The fourth-order valence-corrected chi connectivity index (χ4v) is 4.31. The number of thioether (sulfide) groups is 1. The Bertz CT molecular complexity index is 1070. The number of rotatable bonds is 8. The summed E-state index contributed by atoms with van der Waals surface area (Å²) < 4.78 is 1.89. The van der Waals surface area contributed by atoms with Gasteiger partial charge in [0, 0.05) is 23.8 Å². The summed E-state index contributed by atoms with van der Waals surface area (Å²) in [5.74, 6) is 0.00697. The van der Waals surface area contributed by atoms with Gasteiger partial charge in [0.1, 0.15) is 5.25 Å². The second-order valence-electron chi connectivity index (χ2n) is 6.96. The van der Waals surface area contributed by atoms with Crippen LogP contribution in [0.3, 0.4) is 0 Å². The normalized spacial score (nSPS) is 11.7. The summed E-state index contributed by atoms with van der Waals surface area (Å²) in [7, 11) is 0. The number of nitrogens with one attached hydrogen (secondary N) is 1. The van der Waals surface area contributed by atoms with E-state index in [4.69, 9.17) is 0 Å². The van der Waals surface area contributed by atoms with Crippen molar-refractivity contribution < 1.29 is 4.79 Å². The molecule has 0 aliphatic rings. The van der Waals surface area contributed by atoms with Crippen LogP contribution in [0.1, 0.15) is 21.9 Å². The Labute approximate surface area is 181 Å². The number of carbonyl (C=O) groups excluding carboxylic acids is 1. The van der Waals surface area contributed by atoms with Crippen molar-refractivity contribution >= 4 is 17.7 Å². The fourth-order valence-electron chi connectivity index (χ4n) is 3.24. The molecule has 1 atom stereocenters. The highest BCUT2D eigenvalue weighted by Gasteiger charge is 2.21. The van der Waals surface area contributed by atoms with Gasteiger partial charge in [0.25, 0.3) is 0 Å². The number of benzene rings is 3. The molecule has 0 fully saturated rings. The lowest BCUT2D eigenvalue weighted by Crippen LogP contribution is -2.27. The summed E-state index contributed by atoms with van der Waals surface area (Å²) in [4.78, 5) is 14.2. The summed E-state index contributed by atoms with van der Waals surface area (Å²) in [5, 5.41) is 7.07. The molecule has 150 valence electrons. The second kappa shape index (κ2) is 9.94. The largest absolute Gasteiger partial charge is 0.351 e. The van der Waals surface area contributed by atoms with E-state index < -0.39 is 0 Å². The quantitative estimate of drug-likeness (QED) is 0.410. The molecule has 3 aromatic carbocycles. The topological polar surface area (TPSA) is 46.9 Å². The predicted octanol–water partition coefficient (Wildman–Crippen LogP) is 5.08. The van der Waals surface area contributed by atoms with Gasteiger partial charge in [-0.1, -0.05) is 72.8 Å². The van der Waals surface area contributed by atoms with Crippen LogP contribution in [0.5, 0.6) is 0 Å². The Morgan fingerprint density at radius 1 is 0.900 bits per heavy atom. The number of amides is 1. The first kappa shape index (κ1) is 20.0. The van der Waals surface area contributed by atoms with E-state index >= 15 is 0 Å². The van der Waals surface area contributed by atoms with Crippen molar-refractivity contribution in [2.75, 3.05) is 0 Å². The highest BCUT2D eigenvalue weighted by atomic mass is 32.2. The van der Waals surface area contributed by atoms with Crippen molar-refractivity contribution in [2.45, 2.75) is 23.2 Å². The number of hydrogen-bond acceptors (Lipinski definition) is 3.